The van der Waals surface area contributed by atoms with Crippen LogP contribution >= 0.6 is 0 Å². The van der Waals surface area contributed by atoms with Crippen molar-refractivity contribution in [3.05, 3.63) is 315 Å². The summed E-state index contributed by atoms with van der Waals surface area (Å²) in [6.45, 7) is 0. The highest BCUT2D eigenvalue weighted by molar-refractivity contribution is 6.29. The molecule has 2 nitrogen and oxygen atoms in total. The Labute approximate surface area is 461 Å². The van der Waals surface area contributed by atoms with E-state index in [0.29, 0.717) is 0 Å². The summed E-state index contributed by atoms with van der Waals surface area (Å²) in [5.41, 5.74) is 25.9. The highest BCUT2D eigenvalue weighted by Crippen LogP contribution is 2.55. The van der Waals surface area contributed by atoms with Crippen LogP contribution in [0.25, 0.3) is 139 Å². The zero-order valence-corrected chi connectivity index (χ0v) is 43.4. The Morgan fingerprint density at radius 3 is 1.08 bits per heavy atom. The predicted molar refractivity (Wildman–Crippen MR) is 333 cm³/mol. The van der Waals surface area contributed by atoms with E-state index in [1.165, 1.54) is 49.7 Å². The van der Waals surface area contributed by atoms with E-state index in [-0.39, 0.29) is 0 Å². The first-order chi connectivity index (χ1) is 39.2. The summed E-state index contributed by atoms with van der Waals surface area (Å²) in [6, 6.07) is 115. The van der Waals surface area contributed by atoms with Crippen LogP contribution < -0.4 is 0 Å². The van der Waals surface area contributed by atoms with Gasteiger partial charge in [-0.25, -0.2) is 4.98 Å². The quantitative estimate of drug-likeness (QED) is 0.126. The van der Waals surface area contributed by atoms with E-state index in [4.69, 9.17) is 4.98 Å². The average molecular weight is 1010 g/mol. The second kappa shape index (κ2) is 20.6. The molecule has 0 N–H and O–H groups in total. The van der Waals surface area contributed by atoms with Crippen molar-refractivity contribution in [1.29, 1.82) is 0 Å². The first kappa shape index (κ1) is 47.1. The molecule has 0 spiro atoms. The standard InChI is InChI=1S/C77H52N2/c1-8-26-53(27-9-1)60-40-22-41-61(48-60)62-42-23-44-64(49-62)67-46-25-47-70-75(67)76-73(58-36-18-6-19-37-58)71(56-32-14-4-15-33-56)72(57-34-16-5-17-35-57)74(59-38-20-7-21-39-59)77(76)79(70)66-45-24-43-63(50-66)65-51-68(54-28-10-2-11-29-54)78-69(52-65)55-30-12-3-13-31-55/h1-52H. The number of hydrogen-bond acceptors (Lipinski definition) is 1. The van der Waals surface area contributed by atoms with Crippen molar-refractivity contribution >= 4 is 21.8 Å². The van der Waals surface area contributed by atoms with Crippen molar-refractivity contribution in [3.8, 4) is 117 Å². The number of fused-ring (bicyclic) bond motifs is 3. The van der Waals surface area contributed by atoms with Crippen molar-refractivity contribution in [2.45, 2.75) is 0 Å². The van der Waals surface area contributed by atoms with Gasteiger partial charge in [-0.1, -0.05) is 273 Å². The first-order valence-corrected chi connectivity index (χ1v) is 27.1. The Balaban J connectivity index is 1.13. The van der Waals surface area contributed by atoms with Crippen molar-refractivity contribution in [3.63, 3.8) is 0 Å². The summed E-state index contributed by atoms with van der Waals surface area (Å²) < 4.78 is 2.57. The first-order valence-electron chi connectivity index (χ1n) is 27.1. The van der Waals surface area contributed by atoms with Crippen LogP contribution in [-0.2, 0) is 0 Å². The molecule has 0 saturated carbocycles. The minimum Gasteiger partial charge on any atom is -0.309 e. The van der Waals surface area contributed by atoms with Crippen LogP contribution in [0, 0.1) is 0 Å². The van der Waals surface area contributed by atoms with Gasteiger partial charge in [-0.3, -0.25) is 0 Å². The van der Waals surface area contributed by atoms with Gasteiger partial charge in [0.2, 0.25) is 0 Å². The third-order valence-corrected chi connectivity index (χ3v) is 15.4. The molecule has 0 saturated heterocycles. The van der Waals surface area contributed by atoms with Crippen LogP contribution in [0.2, 0.25) is 0 Å². The molecular formula is C77H52N2. The second-order valence-electron chi connectivity index (χ2n) is 20.2. The zero-order chi connectivity index (χ0) is 52.5. The summed E-state index contributed by atoms with van der Waals surface area (Å²) in [6.07, 6.45) is 0. The normalized spacial score (nSPS) is 11.3. The lowest BCUT2D eigenvalue weighted by Crippen LogP contribution is -2.01. The lowest BCUT2D eigenvalue weighted by atomic mass is 9.79. The fraction of sp³-hybridized carbons (Fsp3) is 0. The van der Waals surface area contributed by atoms with Gasteiger partial charge in [0.25, 0.3) is 0 Å². The monoisotopic (exact) mass is 1000 g/mol. The van der Waals surface area contributed by atoms with Crippen LogP contribution in [0.4, 0.5) is 0 Å². The van der Waals surface area contributed by atoms with Gasteiger partial charge in [-0.2, -0.15) is 0 Å². The summed E-state index contributed by atoms with van der Waals surface area (Å²) in [5, 5.41) is 2.38. The molecule has 0 bridgehead atoms. The molecule has 12 aromatic carbocycles. The summed E-state index contributed by atoms with van der Waals surface area (Å²) in [5.74, 6) is 0. The average Bonchev–Trinajstić information content (AvgIpc) is 3.94. The van der Waals surface area contributed by atoms with Gasteiger partial charge >= 0.3 is 0 Å². The molecule has 2 heterocycles. The number of nitrogens with zero attached hydrogens (tertiary/aromatic N) is 2. The topological polar surface area (TPSA) is 17.8 Å². The molecule has 14 rings (SSSR count). The van der Waals surface area contributed by atoms with E-state index < -0.39 is 0 Å². The van der Waals surface area contributed by atoms with Gasteiger partial charge in [0.15, 0.2) is 0 Å². The molecule has 0 fully saturated rings. The van der Waals surface area contributed by atoms with Gasteiger partial charge in [0.1, 0.15) is 0 Å². The minimum absolute atomic E-state index is 0.928. The number of pyridine rings is 1. The fourth-order valence-corrected chi connectivity index (χ4v) is 11.8. The number of aromatic nitrogens is 2. The molecule has 0 atom stereocenters. The maximum Gasteiger partial charge on any atom is 0.0715 e. The van der Waals surface area contributed by atoms with E-state index in [1.807, 2.05) is 0 Å². The van der Waals surface area contributed by atoms with Gasteiger partial charge in [-0.15, -0.1) is 0 Å². The summed E-state index contributed by atoms with van der Waals surface area (Å²) in [7, 11) is 0. The fourth-order valence-electron chi connectivity index (χ4n) is 11.8. The third-order valence-electron chi connectivity index (χ3n) is 15.4. The molecule has 0 radical (unpaired) electrons. The van der Waals surface area contributed by atoms with Gasteiger partial charge in [-0.05, 0) is 115 Å². The minimum atomic E-state index is 0.928. The molecule has 0 aliphatic heterocycles. The van der Waals surface area contributed by atoms with Gasteiger partial charge in [0, 0.05) is 44.3 Å². The summed E-state index contributed by atoms with van der Waals surface area (Å²) >= 11 is 0. The molecule has 79 heavy (non-hydrogen) atoms. The van der Waals surface area contributed by atoms with Crippen LogP contribution in [0.15, 0.2) is 315 Å². The lowest BCUT2D eigenvalue weighted by Gasteiger charge is -2.24. The van der Waals surface area contributed by atoms with Crippen molar-refractivity contribution in [1.82, 2.24) is 9.55 Å². The lowest BCUT2D eigenvalue weighted by molar-refractivity contribution is 1.18. The maximum absolute atomic E-state index is 5.29. The summed E-state index contributed by atoms with van der Waals surface area (Å²) in [4.78, 5) is 5.29. The molecular weight excluding hydrogens is 953 g/mol. The Bertz CT molecular complexity index is 4420. The molecule has 0 aliphatic carbocycles. The highest BCUT2D eigenvalue weighted by Gasteiger charge is 2.30. The Hall–Kier alpha value is -10.4. The molecule has 2 heteroatoms. The van der Waals surface area contributed by atoms with E-state index in [0.717, 1.165) is 89.3 Å². The van der Waals surface area contributed by atoms with Crippen molar-refractivity contribution in [2.24, 2.45) is 0 Å². The molecule has 2 aromatic heterocycles. The Morgan fingerprint density at radius 2 is 0.570 bits per heavy atom. The SMILES string of the molecule is c1ccc(-c2cccc(-c3cccc(-c4cccc5c4c4c(-c6ccccc6)c(-c6ccccc6)c(-c6ccccc6)c(-c6ccccc6)c4n5-c4cccc(-c5cc(-c6ccccc6)nc(-c6ccccc6)c5)c4)c3)c2)cc1. The highest BCUT2D eigenvalue weighted by atomic mass is 15.0. The predicted octanol–water partition coefficient (Wildman–Crippen LogP) is 20.8. The molecule has 0 amide bonds. The Morgan fingerprint density at radius 1 is 0.215 bits per heavy atom. The molecule has 0 unspecified atom stereocenters. The van der Waals surface area contributed by atoms with E-state index in [9.17, 15) is 0 Å². The number of rotatable bonds is 11. The third kappa shape index (κ3) is 8.82. The van der Waals surface area contributed by atoms with E-state index in [1.54, 1.807) is 0 Å². The van der Waals surface area contributed by atoms with Crippen LogP contribution in [0.1, 0.15) is 0 Å². The van der Waals surface area contributed by atoms with Crippen molar-refractivity contribution in [2.75, 3.05) is 0 Å². The van der Waals surface area contributed by atoms with Crippen LogP contribution in [-0.4, -0.2) is 9.55 Å². The molecule has 370 valence electrons. The smallest absolute Gasteiger partial charge is 0.0715 e. The number of benzene rings is 12. The van der Waals surface area contributed by atoms with Crippen molar-refractivity contribution < 1.29 is 0 Å². The zero-order valence-electron chi connectivity index (χ0n) is 43.4. The molecule has 14 aromatic rings. The molecule has 0 aliphatic rings. The van der Waals surface area contributed by atoms with Gasteiger partial charge < -0.3 is 4.57 Å². The van der Waals surface area contributed by atoms with Gasteiger partial charge in [0.05, 0.1) is 22.4 Å². The van der Waals surface area contributed by atoms with Crippen LogP contribution in [0.3, 0.4) is 0 Å². The maximum atomic E-state index is 5.29. The second-order valence-corrected chi connectivity index (χ2v) is 20.2. The largest absolute Gasteiger partial charge is 0.309 e. The Kier molecular flexibility index (Phi) is 12.3. The van der Waals surface area contributed by atoms with E-state index >= 15 is 0 Å². The van der Waals surface area contributed by atoms with E-state index in [2.05, 4.69) is 320 Å². The van der Waals surface area contributed by atoms with Crippen LogP contribution in [0.5, 0.6) is 0 Å². The number of hydrogen-bond donors (Lipinski definition) is 0.